The molecule has 1 spiro atoms. The van der Waals surface area contributed by atoms with Crippen molar-refractivity contribution in [1.29, 1.82) is 0 Å². The van der Waals surface area contributed by atoms with Crippen molar-refractivity contribution < 1.29 is 28.4 Å². The average Bonchev–Trinajstić information content (AvgIpc) is 3.37. The van der Waals surface area contributed by atoms with Crippen molar-refractivity contribution in [3.63, 3.8) is 0 Å². The monoisotopic (exact) mass is 596 g/mol. The van der Waals surface area contributed by atoms with Gasteiger partial charge in [-0.15, -0.1) is 12.8 Å². The van der Waals surface area contributed by atoms with Crippen LogP contribution in [-0.4, -0.2) is 13.2 Å². The van der Waals surface area contributed by atoms with E-state index < -0.39 is 0 Å². The molecule has 0 aromatic heterocycles. The third-order valence-corrected chi connectivity index (χ3v) is 9.50. The van der Waals surface area contributed by atoms with Gasteiger partial charge in [-0.05, 0) is 94.5 Å². The number of fused-ring (bicyclic) bond motifs is 8. The van der Waals surface area contributed by atoms with Gasteiger partial charge in [-0.25, -0.2) is 0 Å². The number of hydrogen-bond acceptors (Lipinski definition) is 6. The molecule has 6 heteroatoms. The van der Waals surface area contributed by atoms with Gasteiger partial charge >= 0.3 is 0 Å². The van der Waals surface area contributed by atoms with E-state index in [9.17, 15) is 0 Å². The standard InChI is InChI=1S/C39H32O6/c1-7-13-40-23-9-11-29-31(15-23)44-35-19-27-25(17-33(35)42-29)37(3,4)21-39(27)22-38(5,6)26-18-34-36(20-28(26)39)45-32-16-24(41-14-8-2)10-12-30(32)43-34/h1-2,9-12,15-20H,13-14,21-22H2,3-6H3. The summed E-state index contributed by atoms with van der Waals surface area (Å²) in [6.45, 7) is 9.63. The quantitative estimate of drug-likeness (QED) is 0.189. The van der Waals surface area contributed by atoms with E-state index in [1.54, 1.807) is 0 Å². The summed E-state index contributed by atoms with van der Waals surface area (Å²) >= 11 is 0. The Bertz CT molecular complexity index is 1860. The average molecular weight is 597 g/mol. The summed E-state index contributed by atoms with van der Waals surface area (Å²) in [5.74, 6) is 11.5. The topological polar surface area (TPSA) is 55.4 Å². The van der Waals surface area contributed by atoms with E-state index in [2.05, 4.69) is 63.8 Å². The van der Waals surface area contributed by atoms with Crippen LogP contribution in [0.15, 0.2) is 60.7 Å². The molecule has 6 nitrogen and oxygen atoms in total. The molecule has 224 valence electrons. The first kappa shape index (κ1) is 27.4. The van der Waals surface area contributed by atoms with Crippen LogP contribution in [0.3, 0.4) is 0 Å². The van der Waals surface area contributed by atoms with Crippen molar-refractivity contribution in [2.24, 2.45) is 0 Å². The van der Waals surface area contributed by atoms with Crippen LogP contribution in [0.2, 0.25) is 0 Å². The van der Waals surface area contributed by atoms with Gasteiger partial charge in [0, 0.05) is 17.5 Å². The lowest BCUT2D eigenvalue weighted by atomic mass is 9.72. The Morgan fingerprint density at radius 3 is 1.29 bits per heavy atom. The summed E-state index contributed by atoms with van der Waals surface area (Å²) in [7, 11) is 0. The zero-order chi connectivity index (χ0) is 31.1. The van der Waals surface area contributed by atoms with Crippen LogP contribution >= 0.6 is 0 Å². The fraction of sp³-hybridized carbons (Fsp3) is 0.282. The summed E-state index contributed by atoms with van der Waals surface area (Å²) in [5.41, 5.74) is 4.57. The van der Waals surface area contributed by atoms with E-state index in [0.717, 1.165) is 12.8 Å². The molecule has 0 atom stereocenters. The molecule has 45 heavy (non-hydrogen) atoms. The lowest BCUT2D eigenvalue weighted by Crippen LogP contribution is -2.27. The normalized spacial score (nSPS) is 17.6. The Balaban J connectivity index is 1.22. The van der Waals surface area contributed by atoms with E-state index in [1.807, 2.05) is 36.4 Å². The molecule has 4 aromatic rings. The van der Waals surface area contributed by atoms with Crippen molar-refractivity contribution in [3.8, 4) is 82.2 Å². The van der Waals surface area contributed by atoms with Crippen LogP contribution in [0, 0.1) is 24.7 Å². The van der Waals surface area contributed by atoms with Gasteiger partial charge < -0.3 is 28.4 Å². The Labute approximate surface area is 263 Å². The summed E-state index contributed by atoms with van der Waals surface area (Å²) in [6, 6.07) is 19.7. The largest absolute Gasteiger partial charge is 0.481 e. The van der Waals surface area contributed by atoms with E-state index in [4.69, 9.17) is 41.3 Å². The van der Waals surface area contributed by atoms with Crippen molar-refractivity contribution in [3.05, 3.63) is 82.9 Å². The number of benzene rings is 4. The number of rotatable bonds is 4. The summed E-state index contributed by atoms with van der Waals surface area (Å²) in [4.78, 5) is 0. The molecule has 0 N–H and O–H groups in total. The van der Waals surface area contributed by atoms with Crippen LogP contribution in [0.4, 0.5) is 0 Å². The van der Waals surface area contributed by atoms with Gasteiger partial charge in [0.15, 0.2) is 46.0 Å². The first-order chi connectivity index (χ1) is 21.6. The highest BCUT2D eigenvalue weighted by atomic mass is 16.6. The van der Waals surface area contributed by atoms with Gasteiger partial charge in [0.2, 0.25) is 0 Å². The van der Waals surface area contributed by atoms with Crippen molar-refractivity contribution in [2.45, 2.75) is 56.8 Å². The predicted octanol–water partition coefficient (Wildman–Crippen LogP) is 9.16. The summed E-state index contributed by atoms with van der Waals surface area (Å²) < 4.78 is 37.0. The molecule has 4 aromatic carbocycles. The van der Waals surface area contributed by atoms with Gasteiger partial charge in [0.25, 0.3) is 0 Å². The Morgan fingerprint density at radius 2 is 0.889 bits per heavy atom. The SMILES string of the molecule is C#CCOc1ccc2c(c1)Oc1cc3c(cc1O2)C(C)(C)CC31CC(C)(C)c2cc3c(cc21)Oc1cc(OCC#C)ccc1O3. The van der Waals surface area contributed by atoms with Crippen LogP contribution in [0.25, 0.3) is 0 Å². The minimum absolute atomic E-state index is 0.109. The molecule has 0 radical (unpaired) electrons. The molecule has 0 saturated carbocycles. The second-order valence-corrected chi connectivity index (χ2v) is 13.5. The van der Waals surface area contributed by atoms with Gasteiger partial charge in [0.05, 0.1) is 0 Å². The van der Waals surface area contributed by atoms with Crippen molar-refractivity contribution >= 4 is 0 Å². The molecule has 2 heterocycles. The maximum atomic E-state index is 6.48. The van der Waals surface area contributed by atoms with E-state index >= 15 is 0 Å². The third-order valence-electron chi connectivity index (χ3n) is 9.50. The smallest absolute Gasteiger partial charge is 0.173 e. The Kier molecular flexibility index (Phi) is 5.71. The maximum absolute atomic E-state index is 6.48. The van der Waals surface area contributed by atoms with Gasteiger partial charge in [-0.2, -0.15) is 0 Å². The molecule has 0 bridgehead atoms. The molecule has 0 unspecified atom stereocenters. The molecule has 4 aliphatic rings. The summed E-state index contributed by atoms with van der Waals surface area (Å²) in [5, 5.41) is 0. The van der Waals surface area contributed by atoms with Crippen LogP contribution in [0.5, 0.6) is 57.5 Å². The second-order valence-electron chi connectivity index (χ2n) is 13.5. The molecule has 2 aliphatic carbocycles. The van der Waals surface area contributed by atoms with Crippen LogP contribution in [-0.2, 0) is 16.2 Å². The van der Waals surface area contributed by atoms with Gasteiger partial charge in [0.1, 0.15) is 24.7 Å². The minimum Gasteiger partial charge on any atom is -0.481 e. The third kappa shape index (κ3) is 4.13. The van der Waals surface area contributed by atoms with Gasteiger partial charge in [-0.3, -0.25) is 0 Å². The highest BCUT2D eigenvalue weighted by molar-refractivity contribution is 5.69. The molecule has 2 aliphatic heterocycles. The van der Waals surface area contributed by atoms with E-state index in [-0.39, 0.29) is 29.5 Å². The zero-order valence-corrected chi connectivity index (χ0v) is 25.7. The molecule has 0 amide bonds. The first-order valence-corrected chi connectivity index (χ1v) is 15.1. The lowest BCUT2D eigenvalue weighted by Gasteiger charge is -2.31. The molecule has 8 rings (SSSR count). The van der Waals surface area contributed by atoms with Crippen LogP contribution in [0.1, 0.15) is 62.8 Å². The second kappa shape index (κ2) is 9.40. The van der Waals surface area contributed by atoms with Gasteiger partial charge in [-0.1, -0.05) is 39.5 Å². The van der Waals surface area contributed by atoms with Crippen molar-refractivity contribution in [2.75, 3.05) is 13.2 Å². The van der Waals surface area contributed by atoms with E-state index in [0.29, 0.717) is 57.5 Å². The Hall–Kier alpha value is -5.20. The molecular weight excluding hydrogens is 564 g/mol. The van der Waals surface area contributed by atoms with Crippen LogP contribution < -0.4 is 28.4 Å². The fourth-order valence-corrected chi connectivity index (χ4v) is 7.85. The lowest BCUT2D eigenvalue weighted by molar-refractivity contribution is 0.342. The highest BCUT2D eigenvalue weighted by Crippen LogP contribution is 2.66. The van der Waals surface area contributed by atoms with E-state index in [1.165, 1.54) is 22.3 Å². The molecule has 0 saturated heterocycles. The number of terminal acetylenes is 2. The molecular formula is C39H32O6. The number of ether oxygens (including phenoxy) is 6. The highest BCUT2D eigenvalue weighted by Gasteiger charge is 2.57. The fourth-order valence-electron chi connectivity index (χ4n) is 7.85. The molecule has 0 fully saturated rings. The zero-order valence-electron chi connectivity index (χ0n) is 25.7. The summed E-state index contributed by atoms with van der Waals surface area (Å²) in [6.07, 6.45) is 12.6. The minimum atomic E-state index is -0.259. The Morgan fingerprint density at radius 1 is 0.533 bits per heavy atom. The van der Waals surface area contributed by atoms with Crippen molar-refractivity contribution in [1.82, 2.24) is 0 Å². The number of hydrogen-bond donors (Lipinski definition) is 0. The predicted molar refractivity (Wildman–Crippen MR) is 171 cm³/mol. The maximum Gasteiger partial charge on any atom is 0.173 e. The first-order valence-electron chi connectivity index (χ1n) is 15.1.